The van der Waals surface area contributed by atoms with Crippen molar-refractivity contribution >= 4 is 54.2 Å². The molecule has 1 aromatic heterocycles. The highest BCUT2D eigenvalue weighted by Crippen LogP contribution is 2.38. The first kappa shape index (κ1) is 26.7. The highest BCUT2D eigenvalue weighted by Gasteiger charge is 2.26. The number of hydrogen-bond donors (Lipinski definition) is 0. The van der Waals surface area contributed by atoms with Gasteiger partial charge in [0.1, 0.15) is 5.52 Å². The molecular weight excluding hydrogens is 520 g/mol. The van der Waals surface area contributed by atoms with Crippen molar-refractivity contribution in [1.29, 1.82) is 0 Å². The maximum atomic E-state index is 13.1. The summed E-state index contributed by atoms with van der Waals surface area (Å²) in [7, 11) is -1.99. The summed E-state index contributed by atoms with van der Waals surface area (Å²) in [5, 5.41) is 1.40. The molecule has 0 unspecified atom stereocenters. The SMILES string of the molecule is CCCN(CCC)S(=O)(=O)c1ccc(C(=O)N2CCN(c3nc4c(OC)c(Cl)ccc4s3)CC2)cc1. The molecule has 0 atom stereocenters. The molecule has 4 rings (SSSR count). The van der Waals surface area contributed by atoms with Crippen LogP contribution in [0.1, 0.15) is 37.0 Å². The number of ether oxygens (including phenoxy) is 1. The number of sulfonamides is 1. The Labute approximate surface area is 221 Å². The number of carbonyl (C=O) groups excluding carboxylic acids is 1. The minimum Gasteiger partial charge on any atom is -0.493 e. The summed E-state index contributed by atoms with van der Waals surface area (Å²) >= 11 is 7.81. The third-order valence-corrected chi connectivity index (χ3v) is 9.47. The molecule has 0 aliphatic carbocycles. The van der Waals surface area contributed by atoms with Crippen molar-refractivity contribution in [3.05, 3.63) is 47.0 Å². The van der Waals surface area contributed by atoms with E-state index >= 15 is 0 Å². The molecule has 3 aromatic rings. The number of carbonyl (C=O) groups is 1. The Morgan fingerprint density at radius 3 is 2.28 bits per heavy atom. The van der Waals surface area contributed by atoms with Crippen molar-refractivity contribution in [3.8, 4) is 5.75 Å². The van der Waals surface area contributed by atoms with Crippen LogP contribution >= 0.6 is 22.9 Å². The van der Waals surface area contributed by atoms with Crippen LogP contribution in [0.15, 0.2) is 41.3 Å². The number of halogens is 1. The lowest BCUT2D eigenvalue weighted by Crippen LogP contribution is -2.48. The third-order valence-electron chi connectivity index (χ3n) is 6.18. The van der Waals surface area contributed by atoms with Gasteiger partial charge in [0.05, 0.1) is 21.7 Å². The quantitative estimate of drug-likeness (QED) is 0.383. The molecule has 11 heteroatoms. The average molecular weight is 551 g/mol. The van der Waals surface area contributed by atoms with Crippen LogP contribution in [-0.2, 0) is 10.0 Å². The van der Waals surface area contributed by atoms with Crippen LogP contribution in [0.3, 0.4) is 0 Å². The fraction of sp³-hybridized carbons (Fsp3) is 0.440. The van der Waals surface area contributed by atoms with Crippen LogP contribution < -0.4 is 9.64 Å². The van der Waals surface area contributed by atoms with Gasteiger partial charge in [-0.1, -0.05) is 36.8 Å². The zero-order valence-electron chi connectivity index (χ0n) is 20.7. The van der Waals surface area contributed by atoms with Crippen molar-refractivity contribution in [1.82, 2.24) is 14.2 Å². The molecule has 1 aliphatic heterocycles. The molecule has 8 nitrogen and oxygen atoms in total. The Kier molecular flexibility index (Phi) is 8.39. The first-order chi connectivity index (χ1) is 17.3. The smallest absolute Gasteiger partial charge is 0.253 e. The Hall–Kier alpha value is -2.40. The second kappa shape index (κ2) is 11.3. The van der Waals surface area contributed by atoms with Gasteiger partial charge in [0, 0.05) is 44.8 Å². The number of methoxy groups -OCH3 is 1. The monoisotopic (exact) mass is 550 g/mol. The Bertz CT molecular complexity index is 1310. The van der Waals surface area contributed by atoms with E-state index in [0.717, 1.165) is 28.2 Å². The maximum Gasteiger partial charge on any atom is 0.253 e. The van der Waals surface area contributed by atoms with Gasteiger partial charge in [-0.25, -0.2) is 13.4 Å². The number of hydrogen-bond acceptors (Lipinski definition) is 7. The second-order valence-electron chi connectivity index (χ2n) is 8.63. The minimum absolute atomic E-state index is 0.102. The van der Waals surface area contributed by atoms with E-state index in [0.29, 0.717) is 55.6 Å². The summed E-state index contributed by atoms with van der Waals surface area (Å²) in [6.45, 7) is 7.28. The Morgan fingerprint density at radius 2 is 1.69 bits per heavy atom. The van der Waals surface area contributed by atoms with Gasteiger partial charge >= 0.3 is 0 Å². The van der Waals surface area contributed by atoms with Crippen LogP contribution in [0, 0.1) is 0 Å². The molecule has 2 aromatic carbocycles. The number of nitrogens with zero attached hydrogens (tertiary/aromatic N) is 4. The van der Waals surface area contributed by atoms with Crippen molar-refractivity contribution in [2.75, 3.05) is 51.3 Å². The number of benzene rings is 2. The molecule has 1 fully saturated rings. The van der Waals surface area contributed by atoms with Crippen LogP contribution in [0.5, 0.6) is 5.75 Å². The second-order valence-corrected chi connectivity index (χ2v) is 12.0. The van der Waals surface area contributed by atoms with Crippen LogP contribution in [0.25, 0.3) is 10.2 Å². The number of piperazine rings is 1. The van der Waals surface area contributed by atoms with E-state index in [-0.39, 0.29) is 10.8 Å². The van der Waals surface area contributed by atoms with E-state index in [1.54, 1.807) is 35.5 Å². The van der Waals surface area contributed by atoms with Crippen LogP contribution in [0.4, 0.5) is 5.13 Å². The van der Waals surface area contributed by atoms with Gasteiger partial charge in [0.25, 0.3) is 5.91 Å². The van der Waals surface area contributed by atoms with Gasteiger partial charge in [-0.3, -0.25) is 4.79 Å². The van der Waals surface area contributed by atoms with Gasteiger partial charge in [-0.05, 0) is 49.2 Å². The molecule has 1 saturated heterocycles. The summed E-state index contributed by atoms with van der Waals surface area (Å²) < 4.78 is 33.9. The van der Waals surface area contributed by atoms with Crippen molar-refractivity contribution < 1.29 is 17.9 Å². The van der Waals surface area contributed by atoms with Crippen molar-refractivity contribution in [2.24, 2.45) is 0 Å². The molecule has 0 bridgehead atoms. The van der Waals surface area contributed by atoms with Gasteiger partial charge in [0.2, 0.25) is 10.0 Å². The molecule has 2 heterocycles. The Morgan fingerprint density at radius 1 is 1.06 bits per heavy atom. The minimum atomic E-state index is -3.57. The zero-order valence-corrected chi connectivity index (χ0v) is 23.1. The standard InChI is InChI=1S/C25H31ClN4O4S2/c1-4-12-30(13-5-2)36(32,33)19-8-6-18(7-9-19)24(31)28-14-16-29(17-15-28)25-27-22-21(35-25)11-10-20(26)23(22)34-3/h6-11H,4-5,12-17H2,1-3H3. The largest absolute Gasteiger partial charge is 0.493 e. The molecule has 0 spiro atoms. The highest BCUT2D eigenvalue weighted by molar-refractivity contribution is 7.89. The summed E-state index contributed by atoms with van der Waals surface area (Å²) in [5.41, 5.74) is 1.23. The topological polar surface area (TPSA) is 83.1 Å². The molecule has 0 N–H and O–H groups in total. The van der Waals surface area contributed by atoms with E-state index in [4.69, 9.17) is 21.3 Å². The summed E-state index contributed by atoms with van der Waals surface area (Å²) in [5.74, 6) is 0.471. The molecule has 1 amide bonds. The van der Waals surface area contributed by atoms with E-state index in [1.165, 1.54) is 16.4 Å². The molecule has 0 radical (unpaired) electrons. The van der Waals surface area contributed by atoms with E-state index in [1.807, 2.05) is 26.0 Å². The van der Waals surface area contributed by atoms with Gasteiger partial charge in [-0.2, -0.15) is 4.31 Å². The average Bonchev–Trinajstić information content (AvgIpc) is 3.32. The lowest BCUT2D eigenvalue weighted by Gasteiger charge is -2.34. The molecule has 0 saturated carbocycles. The number of fused-ring (bicyclic) bond motifs is 1. The number of rotatable bonds is 9. The predicted molar refractivity (Wildman–Crippen MR) is 145 cm³/mol. The van der Waals surface area contributed by atoms with Crippen LogP contribution in [0.2, 0.25) is 5.02 Å². The predicted octanol–water partition coefficient (Wildman–Crippen LogP) is 4.73. The zero-order chi connectivity index (χ0) is 25.9. The Balaban J connectivity index is 1.42. The first-order valence-electron chi connectivity index (χ1n) is 12.1. The third kappa shape index (κ3) is 5.32. The molecular formula is C25H31ClN4O4S2. The number of amides is 1. The van der Waals surface area contributed by atoms with Gasteiger partial charge < -0.3 is 14.5 Å². The first-order valence-corrected chi connectivity index (χ1v) is 14.7. The molecule has 194 valence electrons. The van der Waals surface area contributed by atoms with Gasteiger partial charge in [0.15, 0.2) is 10.9 Å². The summed E-state index contributed by atoms with van der Waals surface area (Å²) in [6.07, 6.45) is 1.50. The fourth-order valence-corrected chi connectivity index (χ4v) is 7.19. The number of aromatic nitrogens is 1. The fourth-order valence-electron chi connectivity index (χ4n) is 4.32. The van der Waals surface area contributed by atoms with E-state index < -0.39 is 10.0 Å². The number of thiazole rings is 1. The van der Waals surface area contributed by atoms with Crippen LogP contribution in [-0.4, -0.2) is 74.9 Å². The van der Waals surface area contributed by atoms with E-state index in [9.17, 15) is 13.2 Å². The van der Waals surface area contributed by atoms with Crippen molar-refractivity contribution in [2.45, 2.75) is 31.6 Å². The summed E-state index contributed by atoms with van der Waals surface area (Å²) in [4.78, 5) is 22.0. The van der Waals surface area contributed by atoms with Crippen molar-refractivity contribution in [3.63, 3.8) is 0 Å². The molecule has 1 aliphatic rings. The van der Waals surface area contributed by atoms with E-state index in [2.05, 4.69) is 4.90 Å². The normalized spacial score (nSPS) is 14.6. The maximum absolute atomic E-state index is 13.1. The lowest BCUT2D eigenvalue weighted by molar-refractivity contribution is 0.0746. The number of anilines is 1. The van der Waals surface area contributed by atoms with Gasteiger partial charge in [-0.15, -0.1) is 0 Å². The summed E-state index contributed by atoms with van der Waals surface area (Å²) in [6, 6.07) is 10.0. The lowest BCUT2D eigenvalue weighted by atomic mass is 10.2. The highest BCUT2D eigenvalue weighted by atomic mass is 35.5. The molecule has 36 heavy (non-hydrogen) atoms.